The van der Waals surface area contributed by atoms with Crippen molar-refractivity contribution < 1.29 is 18.7 Å². The molecule has 110 valence electrons. The molecule has 0 saturated carbocycles. The summed E-state index contributed by atoms with van der Waals surface area (Å²) in [6, 6.07) is 2.80. The maximum atomic E-state index is 13.5. The smallest absolute Gasteiger partial charge is 0.407 e. The van der Waals surface area contributed by atoms with Crippen LogP contribution in [0.5, 0.6) is 5.75 Å². The van der Waals surface area contributed by atoms with Gasteiger partial charge in [-0.05, 0) is 6.42 Å². The van der Waals surface area contributed by atoms with Gasteiger partial charge in [-0.3, -0.25) is 0 Å². The number of halogens is 1. The second-order valence-corrected chi connectivity index (χ2v) is 4.61. The summed E-state index contributed by atoms with van der Waals surface area (Å²) in [6.07, 6.45) is 0.315. The van der Waals surface area contributed by atoms with Gasteiger partial charge in [-0.25, -0.2) is 9.18 Å². The molecule has 2 rings (SSSR count). The van der Waals surface area contributed by atoms with Gasteiger partial charge in [0.05, 0.1) is 31.6 Å². The van der Waals surface area contributed by atoms with E-state index >= 15 is 0 Å². The number of carbonyl (C=O) groups is 1. The van der Waals surface area contributed by atoms with Gasteiger partial charge in [-0.15, -0.1) is 0 Å². The molecular formula is C13H18FN3O3. The first kappa shape index (κ1) is 14.2. The molecule has 1 amide bonds. The number of amides is 1. The summed E-state index contributed by atoms with van der Waals surface area (Å²) in [4.78, 5) is 13.2. The summed E-state index contributed by atoms with van der Waals surface area (Å²) < 4.78 is 23.0. The Kier molecular flexibility index (Phi) is 4.16. The second kappa shape index (κ2) is 5.85. The molecule has 0 bridgehead atoms. The number of nitrogens with zero attached hydrogens (tertiary/aromatic N) is 1. The first-order valence-corrected chi connectivity index (χ1v) is 6.27. The average molecular weight is 283 g/mol. The van der Waals surface area contributed by atoms with E-state index in [1.165, 1.54) is 20.3 Å². The zero-order valence-electron chi connectivity index (χ0n) is 11.5. The van der Waals surface area contributed by atoms with E-state index in [2.05, 4.69) is 10.1 Å². The fourth-order valence-corrected chi connectivity index (χ4v) is 2.31. The van der Waals surface area contributed by atoms with E-state index in [1.54, 1.807) is 6.07 Å². The van der Waals surface area contributed by atoms with Gasteiger partial charge >= 0.3 is 6.09 Å². The third-order valence-electron chi connectivity index (χ3n) is 3.34. The van der Waals surface area contributed by atoms with Crippen molar-refractivity contribution >= 4 is 17.5 Å². The molecule has 6 nitrogen and oxygen atoms in total. The maximum absolute atomic E-state index is 13.5. The van der Waals surface area contributed by atoms with Crippen LogP contribution in [0.1, 0.15) is 6.42 Å². The van der Waals surface area contributed by atoms with Gasteiger partial charge in [0.1, 0.15) is 0 Å². The molecule has 20 heavy (non-hydrogen) atoms. The van der Waals surface area contributed by atoms with E-state index in [0.29, 0.717) is 24.5 Å². The van der Waals surface area contributed by atoms with Crippen LogP contribution in [0.25, 0.3) is 0 Å². The van der Waals surface area contributed by atoms with Crippen LogP contribution in [0.2, 0.25) is 0 Å². The minimum Gasteiger partial charge on any atom is -0.494 e. The third kappa shape index (κ3) is 2.87. The fraction of sp³-hybridized carbons (Fsp3) is 0.462. The number of hydrogen-bond acceptors (Lipinski definition) is 5. The van der Waals surface area contributed by atoms with E-state index in [9.17, 15) is 9.18 Å². The Morgan fingerprint density at radius 2 is 2.25 bits per heavy atom. The normalized spacial score (nSPS) is 17.9. The lowest BCUT2D eigenvalue weighted by atomic mass is 10.2. The molecule has 0 aliphatic carbocycles. The molecule has 1 unspecified atom stereocenters. The van der Waals surface area contributed by atoms with Gasteiger partial charge in [0, 0.05) is 25.2 Å². The van der Waals surface area contributed by atoms with Crippen LogP contribution >= 0.6 is 0 Å². The highest BCUT2D eigenvalue weighted by Gasteiger charge is 2.26. The van der Waals surface area contributed by atoms with Crippen LogP contribution in [0.15, 0.2) is 12.1 Å². The molecule has 1 aliphatic heterocycles. The molecule has 3 N–H and O–H groups in total. The van der Waals surface area contributed by atoms with E-state index in [-0.39, 0.29) is 11.8 Å². The van der Waals surface area contributed by atoms with Crippen LogP contribution in [0.4, 0.5) is 20.6 Å². The van der Waals surface area contributed by atoms with Crippen molar-refractivity contribution in [3.05, 3.63) is 17.9 Å². The van der Waals surface area contributed by atoms with Gasteiger partial charge < -0.3 is 25.4 Å². The molecule has 1 aromatic carbocycles. The lowest BCUT2D eigenvalue weighted by Gasteiger charge is -2.21. The zero-order valence-corrected chi connectivity index (χ0v) is 11.5. The predicted molar refractivity (Wildman–Crippen MR) is 73.5 cm³/mol. The number of nitrogens with two attached hydrogens (primary N) is 1. The highest BCUT2D eigenvalue weighted by atomic mass is 19.1. The quantitative estimate of drug-likeness (QED) is 0.819. The number of alkyl carbamates (subject to hydrolysis) is 1. The molecule has 1 atom stereocenters. The standard InChI is InChI=1S/C13H18FN3O3/c1-19-12-6-11(10(15)5-9(12)14)17-4-3-8(7-17)16-13(18)20-2/h5-6,8H,3-4,7,15H2,1-2H3,(H,16,18). The van der Waals surface area contributed by atoms with Crippen molar-refractivity contribution in [3.63, 3.8) is 0 Å². The van der Waals surface area contributed by atoms with E-state index in [1.807, 2.05) is 4.90 Å². The number of anilines is 2. The van der Waals surface area contributed by atoms with Crippen molar-refractivity contribution in [2.75, 3.05) is 37.9 Å². The molecule has 0 spiro atoms. The molecule has 1 aliphatic rings. The van der Waals surface area contributed by atoms with Crippen molar-refractivity contribution in [1.82, 2.24) is 5.32 Å². The van der Waals surface area contributed by atoms with E-state index < -0.39 is 11.9 Å². The number of ether oxygens (including phenoxy) is 2. The summed E-state index contributed by atoms with van der Waals surface area (Å²) >= 11 is 0. The van der Waals surface area contributed by atoms with E-state index in [0.717, 1.165) is 6.42 Å². The summed E-state index contributed by atoms with van der Waals surface area (Å²) in [5, 5.41) is 2.74. The van der Waals surface area contributed by atoms with Crippen LogP contribution in [0, 0.1) is 5.82 Å². The van der Waals surface area contributed by atoms with Crippen molar-refractivity contribution in [3.8, 4) is 5.75 Å². The van der Waals surface area contributed by atoms with Gasteiger partial charge in [-0.1, -0.05) is 0 Å². The van der Waals surface area contributed by atoms with Gasteiger partial charge in [-0.2, -0.15) is 0 Å². The number of carbonyl (C=O) groups excluding carboxylic acids is 1. The number of benzene rings is 1. The Morgan fingerprint density at radius 1 is 1.50 bits per heavy atom. The van der Waals surface area contributed by atoms with E-state index in [4.69, 9.17) is 10.5 Å². The molecule has 1 aromatic rings. The summed E-state index contributed by atoms with van der Waals surface area (Å²) in [6.45, 7) is 1.31. The number of nitrogen functional groups attached to an aromatic ring is 1. The predicted octanol–water partition coefficient (Wildman–Crippen LogP) is 1.35. The molecule has 7 heteroatoms. The minimum atomic E-state index is -0.489. The minimum absolute atomic E-state index is 0.0158. The molecule has 1 saturated heterocycles. The fourth-order valence-electron chi connectivity index (χ4n) is 2.31. The topological polar surface area (TPSA) is 76.8 Å². The number of nitrogens with one attached hydrogen (secondary N) is 1. The van der Waals surface area contributed by atoms with Crippen LogP contribution in [-0.4, -0.2) is 39.4 Å². The largest absolute Gasteiger partial charge is 0.494 e. The summed E-state index contributed by atoms with van der Waals surface area (Å²) in [5.74, 6) is -0.337. The lowest BCUT2D eigenvalue weighted by molar-refractivity contribution is 0.167. The van der Waals surface area contributed by atoms with Crippen molar-refractivity contribution in [2.24, 2.45) is 0 Å². The molecule has 0 aromatic heterocycles. The Hall–Kier alpha value is -2.18. The Morgan fingerprint density at radius 3 is 2.90 bits per heavy atom. The second-order valence-electron chi connectivity index (χ2n) is 4.61. The monoisotopic (exact) mass is 283 g/mol. The first-order chi connectivity index (χ1) is 9.55. The van der Waals surface area contributed by atoms with Crippen LogP contribution in [0.3, 0.4) is 0 Å². The molecule has 1 heterocycles. The Bertz CT molecular complexity index is 510. The lowest BCUT2D eigenvalue weighted by Crippen LogP contribution is -2.37. The zero-order chi connectivity index (χ0) is 14.7. The first-order valence-electron chi connectivity index (χ1n) is 6.27. The van der Waals surface area contributed by atoms with Gasteiger partial charge in [0.25, 0.3) is 0 Å². The van der Waals surface area contributed by atoms with Crippen molar-refractivity contribution in [1.29, 1.82) is 0 Å². The Labute approximate surface area is 116 Å². The molecule has 0 radical (unpaired) electrons. The number of hydrogen-bond donors (Lipinski definition) is 2. The summed E-state index contributed by atoms with van der Waals surface area (Å²) in [5.41, 5.74) is 6.90. The SMILES string of the molecule is COC(=O)NC1CCN(c2cc(OC)c(F)cc2N)C1. The highest BCUT2D eigenvalue weighted by Crippen LogP contribution is 2.32. The molecule has 1 fully saturated rings. The highest BCUT2D eigenvalue weighted by molar-refractivity contribution is 5.71. The summed E-state index contributed by atoms with van der Waals surface area (Å²) in [7, 11) is 2.73. The van der Waals surface area contributed by atoms with Gasteiger partial charge in [0.15, 0.2) is 11.6 Å². The number of methoxy groups -OCH3 is 2. The van der Waals surface area contributed by atoms with Crippen LogP contribution < -0.4 is 20.7 Å². The average Bonchev–Trinajstić information content (AvgIpc) is 2.87. The van der Waals surface area contributed by atoms with Crippen LogP contribution in [-0.2, 0) is 4.74 Å². The van der Waals surface area contributed by atoms with Crippen molar-refractivity contribution in [2.45, 2.75) is 12.5 Å². The Balaban J connectivity index is 2.11. The molecular weight excluding hydrogens is 265 g/mol. The third-order valence-corrected chi connectivity index (χ3v) is 3.34. The maximum Gasteiger partial charge on any atom is 0.407 e. The number of rotatable bonds is 3. The van der Waals surface area contributed by atoms with Gasteiger partial charge in [0.2, 0.25) is 0 Å².